The Morgan fingerprint density at radius 1 is 1.10 bits per heavy atom. The highest BCUT2D eigenvalue weighted by Gasteiger charge is 2.34. The van der Waals surface area contributed by atoms with Crippen molar-refractivity contribution in [1.29, 1.82) is 0 Å². The third kappa shape index (κ3) is 2.73. The Labute approximate surface area is 123 Å². The highest BCUT2D eigenvalue weighted by molar-refractivity contribution is 7.08. The number of hydrogen-bond donors (Lipinski definition) is 0. The number of amides is 2. The van der Waals surface area contributed by atoms with E-state index in [1.165, 1.54) is 0 Å². The molecule has 0 spiro atoms. The van der Waals surface area contributed by atoms with E-state index in [1.54, 1.807) is 11.3 Å². The molecule has 2 fully saturated rings. The molecule has 1 saturated heterocycles. The van der Waals surface area contributed by atoms with Crippen molar-refractivity contribution in [3.8, 4) is 0 Å². The summed E-state index contributed by atoms with van der Waals surface area (Å²) in [5.41, 5.74) is 1.87. The number of nitrogens with zero attached hydrogens (tertiary/aromatic N) is 2. The van der Waals surface area contributed by atoms with E-state index >= 15 is 0 Å². The molecule has 0 unspecified atom stereocenters. The number of aryl methyl sites for hydroxylation is 1. The molecule has 108 valence electrons. The van der Waals surface area contributed by atoms with E-state index in [2.05, 4.69) is 0 Å². The van der Waals surface area contributed by atoms with Gasteiger partial charge in [-0.3, -0.25) is 9.59 Å². The lowest BCUT2D eigenvalue weighted by molar-refractivity contribution is -0.132. The average molecular weight is 292 g/mol. The van der Waals surface area contributed by atoms with E-state index < -0.39 is 0 Å². The van der Waals surface area contributed by atoms with Crippen LogP contribution in [0.25, 0.3) is 0 Å². The van der Waals surface area contributed by atoms with Crippen molar-refractivity contribution in [1.82, 2.24) is 9.80 Å². The van der Waals surface area contributed by atoms with Gasteiger partial charge in [0.15, 0.2) is 0 Å². The van der Waals surface area contributed by atoms with Crippen LogP contribution in [-0.2, 0) is 4.79 Å². The molecule has 0 bridgehead atoms. The van der Waals surface area contributed by atoms with Gasteiger partial charge in [0.2, 0.25) is 5.91 Å². The monoisotopic (exact) mass is 292 g/mol. The van der Waals surface area contributed by atoms with Gasteiger partial charge in [0, 0.05) is 37.5 Å². The van der Waals surface area contributed by atoms with Crippen LogP contribution in [-0.4, -0.2) is 47.8 Å². The van der Waals surface area contributed by atoms with Gasteiger partial charge in [-0.1, -0.05) is 0 Å². The van der Waals surface area contributed by atoms with Gasteiger partial charge in [-0.15, -0.1) is 0 Å². The summed E-state index contributed by atoms with van der Waals surface area (Å²) >= 11 is 1.57. The second kappa shape index (κ2) is 5.56. The van der Waals surface area contributed by atoms with Gasteiger partial charge in [-0.05, 0) is 37.1 Å². The van der Waals surface area contributed by atoms with Crippen LogP contribution in [0.15, 0.2) is 10.8 Å². The van der Waals surface area contributed by atoms with Gasteiger partial charge >= 0.3 is 0 Å². The third-order valence-corrected chi connectivity index (χ3v) is 4.97. The first-order valence-electron chi connectivity index (χ1n) is 7.27. The first kappa shape index (κ1) is 13.6. The zero-order valence-electron chi connectivity index (χ0n) is 11.8. The van der Waals surface area contributed by atoms with Gasteiger partial charge in [-0.25, -0.2) is 0 Å². The first-order valence-corrected chi connectivity index (χ1v) is 8.22. The minimum absolute atomic E-state index is 0.115. The zero-order valence-corrected chi connectivity index (χ0v) is 12.6. The topological polar surface area (TPSA) is 40.6 Å². The summed E-state index contributed by atoms with van der Waals surface area (Å²) in [5, 5.41) is 3.93. The molecule has 20 heavy (non-hydrogen) atoms. The van der Waals surface area contributed by atoms with Crippen LogP contribution >= 0.6 is 11.3 Å². The molecule has 2 aliphatic rings. The van der Waals surface area contributed by atoms with Crippen molar-refractivity contribution < 1.29 is 9.59 Å². The molecule has 2 heterocycles. The molecule has 1 aromatic heterocycles. The van der Waals surface area contributed by atoms with E-state index in [4.69, 9.17) is 0 Å². The minimum atomic E-state index is 0.115. The van der Waals surface area contributed by atoms with E-state index in [1.807, 2.05) is 27.5 Å². The summed E-state index contributed by atoms with van der Waals surface area (Å²) in [6.45, 7) is 4.87. The largest absolute Gasteiger partial charge is 0.341 e. The van der Waals surface area contributed by atoms with Crippen molar-refractivity contribution in [2.75, 3.05) is 26.2 Å². The molecular formula is C15H20N2O2S. The summed E-state index contributed by atoms with van der Waals surface area (Å²) < 4.78 is 0. The molecule has 1 saturated carbocycles. The van der Waals surface area contributed by atoms with Crippen LogP contribution in [0.3, 0.4) is 0 Å². The molecule has 2 amide bonds. The highest BCUT2D eigenvalue weighted by Crippen LogP contribution is 2.31. The van der Waals surface area contributed by atoms with Crippen molar-refractivity contribution in [3.05, 3.63) is 21.9 Å². The van der Waals surface area contributed by atoms with Gasteiger partial charge in [0.05, 0.1) is 5.56 Å². The fourth-order valence-corrected chi connectivity index (χ4v) is 3.50. The molecule has 0 N–H and O–H groups in total. The lowest BCUT2D eigenvalue weighted by Gasteiger charge is -2.22. The fraction of sp³-hybridized carbons (Fsp3) is 0.600. The van der Waals surface area contributed by atoms with E-state index in [0.717, 1.165) is 43.5 Å². The lowest BCUT2D eigenvalue weighted by Crippen LogP contribution is -2.38. The Kier molecular flexibility index (Phi) is 3.78. The summed E-state index contributed by atoms with van der Waals surface area (Å²) in [5.74, 6) is 0.687. The van der Waals surface area contributed by atoms with Crippen molar-refractivity contribution in [2.24, 2.45) is 5.92 Å². The predicted octanol–water partition coefficient (Wildman–Crippen LogP) is 2.14. The van der Waals surface area contributed by atoms with Crippen LogP contribution in [0, 0.1) is 12.8 Å². The summed E-state index contributed by atoms with van der Waals surface area (Å²) in [6.07, 6.45) is 2.98. The number of hydrogen-bond acceptors (Lipinski definition) is 3. The zero-order chi connectivity index (χ0) is 14.1. The molecular weight excluding hydrogens is 272 g/mol. The van der Waals surface area contributed by atoms with Gasteiger partial charge in [0.1, 0.15) is 0 Å². The Hall–Kier alpha value is -1.36. The number of thiophene rings is 1. The molecule has 0 radical (unpaired) electrons. The number of carbonyl (C=O) groups is 2. The smallest absolute Gasteiger partial charge is 0.255 e. The van der Waals surface area contributed by atoms with Crippen molar-refractivity contribution in [3.63, 3.8) is 0 Å². The summed E-state index contributed by atoms with van der Waals surface area (Å²) in [6, 6.07) is 0. The lowest BCUT2D eigenvalue weighted by atomic mass is 10.2. The van der Waals surface area contributed by atoms with E-state index in [9.17, 15) is 9.59 Å². The number of rotatable bonds is 2. The maximum atomic E-state index is 12.5. The standard InChI is InChI=1S/C15H20N2O2S/c1-11-9-20-10-13(11)15(19)17-6-2-5-16(7-8-17)14(18)12-3-4-12/h9-10,12H,2-8H2,1H3. The SMILES string of the molecule is Cc1cscc1C(=O)N1CCCN(C(=O)C2CC2)CC1. The molecule has 5 heteroatoms. The normalized spacial score (nSPS) is 19.9. The first-order chi connectivity index (χ1) is 9.66. The Bertz CT molecular complexity index is 522. The molecule has 0 aromatic carbocycles. The molecule has 4 nitrogen and oxygen atoms in total. The van der Waals surface area contributed by atoms with Gasteiger partial charge < -0.3 is 9.80 Å². The molecule has 1 aromatic rings. The van der Waals surface area contributed by atoms with Crippen LogP contribution < -0.4 is 0 Å². The minimum Gasteiger partial charge on any atom is -0.341 e. The Morgan fingerprint density at radius 3 is 2.45 bits per heavy atom. The van der Waals surface area contributed by atoms with Crippen LogP contribution in [0.2, 0.25) is 0 Å². The molecule has 3 rings (SSSR count). The van der Waals surface area contributed by atoms with E-state index in [0.29, 0.717) is 19.0 Å². The van der Waals surface area contributed by atoms with Crippen molar-refractivity contribution in [2.45, 2.75) is 26.2 Å². The van der Waals surface area contributed by atoms with E-state index in [-0.39, 0.29) is 11.8 Å². The Balaban J connectivity index is 1.63. The fourth-order valence-electron chi connectivity index (χ4n) is 2.68. The highest BCUT2D eigenvalue weighted by atomic mass is 32.1. The average Bonchev–Trinajstić information content (AvgIpc) is 3.23. The molecule has 0 atom stereocenters. The Morgan fingerprint density at radius 2 is 1.80 bits per heavy atom. The maximum Gasteiger partial charge on any atom is 0.255 e. The summed E-state index contributed by atoms with van der Waals surface area (Å²) in [4.78, 5) is 28.4. The second-order valence-electron chi connectivity index (χ2n) is 5.71. The number of carbonyl (C=O) groups excluding carboxylic acids is 2. The maximum absolute atomic E-state index is 12.5. The second-order valence-corrected chi connectivity index (χ2v) is 6.46. The predicted molar refractivity (Wildman–Crippen MR) is 78.9 cm³/mol. The van der Waals surface area contributed by atoms with Crippen LogP contribution in [0.4, 0.5) is 0 Å². The van der Waals surface area contributed by atoms with Gasteiger partial charge in [-0.2, -0.15) is 11.3 Å². The third-order valence-electron chi connectivity index (χ3n) is 4.11. The van der Waals surface area contributed by atoms with Crippen molar-refractivity contribution >= 4 is 23.2 Å². The quantitative estimate of drug-likeness (QED) is 0.838. The molecule has 1 aliphatic heterocycles. The van der Waals surface area contributed by atoms with Crippen LogP contribution in [0.5, 0.6) is 0 Å². The summed E-state index contributed by atoms with van der Waals surface area (Å²) in [7, 11) is 0. The van der Waals surface area contributed by atoms with Crippen LogP contribution in [0.1, 0.15) is 35.2 Å². The van der Waals surface area contributed by atoms with Gasteiger partial charge in [0.25, 0.3) is 5.91 Å². The molecule has 1 aliphatic carbocycles.